The Morgan fingerprint density at radius 1 is 1.33 bits per heavy atom. The summed E-state index contributed by atoms with van der Waals surface area (Å²) in [4.78, 5) is 23.6. The van der Waals surface area contributed by atoms with Crippen LogP contribution in [-0.2, 0) is 18.4 Å². The van der Waals surface area contributed by atoms with E-state index in [9.17, 15) is 9.59 Å². The zero-order chi connectivity index (χ0) is 14.8. The lowest BCUT2D eigenvalue weighted by molar-refractivity contribution is -0.126. The van der Waals surface area contributed by atoms with E-state index in [4.69, 9.17) is 4.42 Å². The van der Waals surface area contributed by atoms with Crippen molar-refractivity contribution in [1.82, 2.24) is 9.88 Å². The van der Waals surface area contributed by atoms with Crippen LogP contribution in [0.1, 0.15) is 37.7 Å². The number of carbonyl (C=O) groups excluding carboxylic acids is 1. The standard InChI is InChI=1S/C16H20N2O3/c1-18-13-8-7-11(9-14(13)21-16(18)20)10-17-15(19)12-5-3-2-4-6-12/h7-9,12H,2-6,10H2,1H3,(H,17,19). The van der Waals surface area contributed by atoms with Gasteiger partial charge in [-0.05, 0) is 30.5 Å². The Balaban J connectivity index is 1.67. The molecule has 1 fully saturated rings. The van der Waals surface area contributed by atoms with Crippen LogP contribution in [0.25, 0.3) is 11.1 Å². The van der Waals surface area contributed by atoms with Crippen LogP contribution in [0.3, 0.4) is 0 Å². The van der Waals surface area contributed by atoms with Crippen molar-refractivity contribution in [3.05, 3.63) is 34.3 Å². The Morgan fingerprint density at radius 3 is 2.86 bits per heavy atom. The van der Waals surface area contributed by atoms with Gasteiger partial charge >= 0.3 is 5.76 Å². The molecule has 5 nitrogen and oxygen atoms in total. The van der Waals surface area contributed by atoms with E-state index in [1.807, 2.05) is 18.2 Å². The third-order valence-corrected chi connectivity index (χ3v) is 4.30. The van der Waals surface area contributed by atoms with Crippen molar-refractivity contribution in [2.45, 2.75) is 38.6 Å². The second kappa shape index (κ2) is 5.76. The minimum Gasteiger partial charge on any atom is -0.408 e. The Labute approximate surface area is 122 Å². The minimum atomic E-state index is -0.367. The number of benzene rings is 1. The van der Waals surface area contributed by atoms with Gasteiger partial charge in [0.15, 0.2) is 5.58 Å². The largest absolute Gasteiger partial charge is 0.419 e. The first-order valence-corrected chi connectivity index (χ1v) is 7.51. The lowest BCUT2D eigenvalue weighted by atomic mass is 9.88. The smallest absolute Gasteiger partial charge is 0.408 e. The number of hydrogen-bond acceptors (Lipinski definition) is 3. The summed E-state index contributed by atoms with van der Waals surface area (Å²) in [6.07, 6.45) is 5.54. The molecule has 5 heteroatoms. The fourth-order valence-corrected chi connectivity index (χ4v) is 2.99. The zero-order valence-corrected chi connectivity index (χ0v) is 12.2. The fraction of sp³-hybridized carbons (Fsp3) is 0.500. The van der Waals surface area contributed by atoms with E-state index in [0.717, 1.165) is 36.8 Å². The first-order chi connectivity index (χ1) is 10.1. The number of nitrogens with zero attached hydrogens (tertiary/aromatic N) is 1. The first kappa shape index (κ1) is 13.9. The predicted octanol–water partition coefficient (Wildman–Crippen LogP) is 2.33. The molecule has 1 saturated carbocycles. The lowest BCUT2D eigenvalue weighted by Crippen LogP contribution is -2.31. The normalized spacial score (nSPS) is 16.2. The summed E-state index contributed by atoms with van der Waals surface area (Å²) >= 11 is 0. The van der Waals surface area contributed by atoms with Gasteiger partial charge in [0.25, 0.3) is 0 Å². The number of rotatable bonds is 3. The minimum absolute atomic E-state index is 0.143. The summed E-state index contributed by atoms with van der Waals surface area (Å²) in [6.45, 7) is 0.476. The van der Waals surface area contributed by atoms with Crippen molar-refractivity contribution in [1.29, 1.82) is 0 Å². The second-order valence-corrected chi connectivity index (χ2v) is 5.78. The van der Waals surface area contributed by atoms with Crippen molar-refractivity contribution < 1.29 is 9.21 Å². The first-order valence-electron chi connectivity index (χ1n) is 7.51. The SMILES string of the molecule is Cn1c(=O)oc2cc(CNC(=O)C3CCCCC3)ccc21. The summed E-state index contributed by atoms with van der Waals surface area (Å²) in [5, 5.41) is 2.99. The van der Waals surface area contributed by atoms with Crippen molar-refractivity contribution >= 4 is 17.0 Å². The van der Waals surface area contributed by atoms with Crippen LogP contribution in [0.15, 0.2) is 27.4 Å². The quantitative estimate of drug-likeness (QED) is 0.942. The molecule has 0 bridgehead atoms. The van der Waals surface area contributed by atoms with Crippen LogP contribution >= 0.6 is 0 Å². The van der Waals surface area contributed by atoms with Crippen LogP contribution < -0.4 is 11.1 Å². The molecule has 2 aromatic rings. The van der Waals surface area contributed by atoms with Crippen LogP contribution in [0, 0.1) is 5.92 Å². The molecule has 1 heterocycles. The summed E-state index contributed by atoms with van der Waals surface area (Å²) in [6, 6.07) is 5.58. The highest BCUT2D eigenvalue weighted by atomic mass is 16.4. The molecule has 1 aromatic carbocycles. The van der Waals surface area contributed by atoms with E-state index in [1.54, 1.807) is 7.05 Å². The number of carbonyl (C=O) groups is 1. The number of amides is 1. The molecule has 0 aliphatic heterocycles. The molecular formula is C16H20N2O3. The Morgan fingerprint density at radius 2 is 2.10 bits per heavy atom. The van der Waals surface area contributed by atoms with Gasteiger partial charge in [0.1, 0.15) is 0 Å². The fourth-order valence-electron chi connectivity index (χ4n) is 2.99. The monoisotopic (exact) mass is 288 g/mol. The van der Waals surface area contributed by atoms with E-state index in [2.05, 4.69) is 5.32 Å². The van der Waals surface area contributed by atoms with E-state index < -0.39 is 0 Å². The van der Waals surface area contributed by atoms with Crippen LogP contribution in [0.4, 0.5) is 0 Å². The molecule has 1 amide bonds. The summed E-state index contributed by atoms with van der Waals surface area (Å²) in [5.41, 5.74) is 2.27. The van der Waals surface area contributed by atoms with Gasteiger partial charge in [0, 0.05) is 19.5 Å². The maximum absolute atomic E-state index is 12.1. The number of oxazole rings is 1. The van der Waals surface area contributed by atoms with Crippen LogP contribution in [0.2, 0.25) is 0 Å². The Hall–Kier alpha value is -2.04. The molecule has 0 atom stereocenters. The third kappa shape index (κ3) is 2.86. The maximum Gasteiger partial charge on any atom is 0.419 e. The van der Waals surface area contributed by atoms with Gasteiger partial charge < -0.3 is 9.73 Å². The topological polar surface area (TPSA) is 64.2 Å². The van der Waals surface area contributed by atoms with E-state index in [1.165, 1.54) is 11.0 Å². The predicted molar refractivity (Wildman–Crippen MR) is 79.9 cm³/mol. The molecule has 1 aromatic heterocycles. The summed E-state index contributed by atoms with van der Waals surface area (Å²) in [5.74, 6) is -0.0603. The number of aromatic nitrogens is 1. The number of aryl methyl sites for hydroxylation is 1. The zero-order valence-electron chi connectivity index (χ0n) is 12.2. The molecular weight excluding hydrogens is 268 g/mol. The van der Waals surface area contributed by atoms with Gasteiger partial charge in [0.05, 0.1) is 5.52 Å². The van der Waals surface area contributed by atoms with Gasteiger partial charge in [-0.25, -0.2) is 4.79 Å². The highest BCUT2D eigenvalue weighted by Gasteiger charge is 2.20. The Kier molecular flexibility index (Phi) is 3.82. The third-order valence-electron chi connectivity index (χ3n) is 4.30. The molecule has 3 rings (SSSR count). The maximum atomic E-state index is 12.1. The highest BCUT2D eigenvalue weighted by molar-refractivity contribution is 5.79. The molecule has 0 spiro atoms. The van der Waals surface area contributed by atoms with Gasteiger partial charge in [0.2, 0.25) is 5.91 Å². The second-order valence-electron chi connectivity index (χ2n) is 5.78. The number of nitrogens with one attached hydrogen (secondary N) is 1. The molecule has 1 N–H and O–H groups in total. The van der Waals surface area contributed by atoms with Crippen molar-refractivity contribution in [3.63, 3.8) is 0 Å². The average Bonchev–Trinajstić information content (AvgIpc) is 2.80. The van der Waals surface area contributed by atoms with Crippen LogP contribution in [0.5, 0.6) is 0 Å². The number of hydrogen-bond donors (Lipinski definition) is 1. The van der Waals surface area contributed by atoms with Crippen molar-refractivity contribution in [2.24, 2.45) is 13.0 Å². The molecule has 1 aliphatic carbocycles. The number of fused-ring (bicyclic) bond motifs is 1. The van der Waals surface area contributed by atoms with Crippen molar-refractivity contribution in [2.75, 3.05) is 0 Å². The van der Waals surface area contributed by atoms with E-state index in [0.29, 0.717) is 12.1 Å². The summed E-state index contributed by atoms with van der Waals surface area (Å²) in [7, 11) is 1.68. The van der Waals surface area contributed by atoms with Crippen molar-refractivity contribution in [3.8, 4) is 0 Å². The van der Waals surface area contributed by atoms with Gasteiger partial charge in [-0.3, -0.25) is 9.36 Å². The molecule has 0 unspecified atom stereocenters. The molecule has 0 radical (unpaired) electrons. The Bertz CT molecular complexity index is 708. The highest BCUT2D eigenvalue weighted by Crippen LogP contribution is 2.23. The van der Waals surface area contributed by atoms with E-state index >= 15 is 0 Å². The molecule has 1 aliphatic rings. The van der Waals surface area contributed by atoms with Gasteiger partial charge in [-0.1, -0.05) is 25.3 Å². The van der Waals surface area contributed by atoms with Gasteiger partial charge in [-0.2, -0.15) is 0 Å². The molecule has 0 saturated heterocycles. The average molecular weight is 288 g/mol. The van der Waals surface area contributed by atoms with E-state index in [-0.39, 0.29) is 17.6 Å². The molecule has 112 valence electrons. The summed E-state index contributed by atoms with van der Waals surface area (Å²) < 4.78 is 6.63. The van der Waals surface area contributed by atoms with Crippen LogP contribution in [-0.4, -0.2) is 10.5 Å². The molecule has 21 heavy (non-hydrogen) atoms. The van der Waals surface area contributed by atoms with Gasteiger partial charge in [-0.15, -0.1) is 0 Å². The lowest BCUT2D eigenvalue weighted by Gasteiger charge is -2.20.